The first-order chi connectivity index (χ1) is 16.7. The van der Waals surface area contributed by atoms with Gasteiger partial charge in [-0.15, -0.1) is 0 Å². The van der Waals surface area contributed by atoms with Gasteiger partial charge in [0.05, 0.1) is 11.4 Å². The number of allylic oxidation sites excluding steroid dienone is 4. The quantitative estimate of drug-likeness (QED) is 0.186. The van der Waals surface area contributed by atoms with E-state index in [1.807, 2.05) is 24.3 Å². The molecule has 182 valence electrons. The first-order valence-electron chi connectivity index (χ1n) is 11.2. The average Bonchev–Trinajstić information content (AvgIpc) is 2.82. The highest BCUT2D eigenvalue weighted by Gasteiger charge is 2.15. The molecule has 8 heteroatoms. The van der Waals surface area contributed by atoms with Gasteiger partial charge in [-0.05, 0) is 79.6 Å². The molecule has 0 saturated carbocycles. The third-order valence-corrected chi connectivity index (χ3v) is 6.59. The summed E-state index contributed by atoms with van der Waals surface area (Å²) >= 11 is 1.72. The highest BCUT2D eigenvalue weighted by atomic mass is 32.2. The Morgan fingerprint density at radius 2 is 1.49 bits per heavy atom. The van der Waals surface area contributed by atoms with Crippen molar-refractivity contribution in [1.82, 2.24) is 4.31 Å². The summed E-state index contributed by atoms with van der Waals surface area (Å²) in [6.45, 7) is 9.05. The number of benzene rings is 2. The van der Waals surface area contributed by atoms with Crippen LogP contribution in [0.2, 0.25) is 0 Å². The summed E-state index contributed by atoms with van der Waals surface area (Å²) in [5, 5.41) is 21.9. The molecule has 0 unspecified atom stereocenters. The third-order valence-electron chi connectivity index (χ3n) is 5.39. The molecule has 0 bridgehead atoms. The minimum Gasteiger partial charge on any atom is -0.474 e. The van der Waals surface area contributed by atoms with Crippen molar-refractivity contribution in [3.8, 4) is 0 Å². The molecule has 2 aromatic rings. The van der Waals surface area contributed by atoms with Crippen molar-refractivity contribution in [3.63, 3.8) is 0 Å². The number of hydrogen-bond donors (Lipinski definition) is 4. The van der Waals surface area contributed by atoms with E-state index in [-0.39, 0.29) is 0 Å². The predicted octanol–water partition coefficient (Wildman–Crippen LogP) is 5.95. The van der Waals surface area contributed by atoms with Gasteiger partial charge in [0.1, 0.15) is 0 Å². The molecule has 0 radical (unpaired) electrons. The van der Waals surface area contributed by atoms with E-state index >= 15 is 0 Å². The number of amides is 1. The van der Waals surface area contributed by atoms with E-state index in [1.54, 1.807) is 31.0 Å². The molecule has 1 aliphatic carbocycles. The molecule has 0 saturated heterocycles. The van der Waals surface area contributed by atoms with E-state index in [9.17, 15) is 9.59 Å². The number of anilines is 2. The average molecular weight is 491 g/mol. The van der Waals surface area contributed by atoms with Crippen LogP contribution in [0.4, 0.5) is 11.4 Å². The minimum absolute atomic E-state index is 0.398. The number of nitrogens with one attached hydrogen (secondary N) is 3. The zero-order chi connectivity index (χ0) is 25.4. The minimum atomic E-state index is -1.51. The van der Waals surface area contributed by atoms with E-state index < -0.39 is 11.9 Å². The maximum Gasteiger partial charge on any atom is 0.394 e. The van der Waals surface area contributed by atoms with Crippen LogP contribution < -0.4 is 10.6 Å². The van der Waals surface area contributed by atoms with Crippen molar-refractivity contribution in [2.45, 2.75) is 39.8 Å². The SMILES string of the molecule is C=C(Nc1ccc(CN(Cc2ccc(NC(=O)C(=O)O)cc2)SC2=CCCC=C2C)cc1)C(C)=N. The normalized spacial score (nSPS) is 13.0. The van der Waals surface area contributed by atoms with Crippen LogP contribution in [0.15, 0.2) is 83.4 Å². The van der Waals surface area contributed by atoms with E-state index in [0.29, 0.717) is 30.2 Å². The fourth-order valence-corrected chi connectivity index (χ4v) is 4.52. The maximum atomic E-state index is 11.4. The van der Waals surface area contributed by atoms with Crippen molar-refractivity contribution >= 4 is 40.9 Å². The van der Waals surface area contributed by atoms with Gasteiger partial charge in [0, 0.05) is 29.4 Å². The molecular formula is C27H30N4O3S. The van der Waals surface area contributed by atoms with Gasteiger partial charge in [-0.1, -0.05) is 43.0 Å². The van der Waals surface area contributed by atoms with Crippen LogP contribution in [0.5, 0.6) is 0 Å². The zero-order valence-corrected chi connectivity index (χ0v) is 20.7. The first kappa shape index (κ1) is 26.0. The molecular weight excluding hydrogens is 460 g/mol. The lowest BCUT2D eigenvalue weighted by Crippen LogP contribution is -2.21. The molecule has 7 nitrogen and oxygen atoms in total. The summed E-state index contributed by atoms with van der Waals surface area (Å²) < 4.78 is 2.28. The number of carboxylic acids is 1. The van der Waals surface area contributed by atoms with Crippen LogP contribution >= 0.6 is 11.9 Å². The molecule has 0 atom stereocenters. The van der Waals surface area contributed by atoms with Crippen molar-refractivity contribution in [2.24, 2.45) is 0 Å². The zero-order valence-electron chi connectivity index (χ0n) is 19.9. The van der Waals surface area contributed by atoms with Gasteiger partial charge >= 0.3 is 11.9 Å². The maximum absolute atomic E-state index is 11.4. The topological polar surface area (TPSA) is 106 Å². The lowest BCUT2D eigenvalue weighted by atomic mass is 10.1. The summed E-state index contributed by atoms with van der Waals surface area (Å²) in [6, 6.07) is 15.3. The standard InChI is InChI=1S/C27H30N4O3S/c1-18-6-4-5-7-25(18)35-31(16-21-8-12-23(13-9-21)29-20(3)19(2)28)17-22-10-14-24(15-11-22)30-26(32)27(33)34/h6-15,28-29H,3-5,16-17H2,1-2H3,(H,30,32)(H,33,34). The molecule has 0 spiro atoms. The Kier molecular flexibility index (Phi) is 9.05. The summed E-state index contributed by atoms with van der Waals surface area (Å²) in [6.07, 6.45) is 6.63. The van der Waals surface area contributed by atoms with Crippen LogP contribution in [0, 0.1) is 5.41 Å². The Bertz CT molecular complexity index is 1090. The number of carboxylic acid groups (broad SMARTS) is 1. The van der Waals surface area contributed by atoms with Gasteiger partial charge in [0.25, 0.3) is 0 Å². The number of aliphatic carboxylic acids is 1. The van der Waals surface area contributed by atoms with Gasteiger partial charge in [0.2, 0.25) is 0 Å². The molecule has 3 rings (SSSR count). The number of rotatable bonds is 10. The monoisotopic (exact) mass is 490 g/mol. The van der Waals surface area contributed by atoms with Crippen LogP contribution in [0.1, 0.15) is 37.8 Å². The summed E-state index contributed by atoms with van der Waals surface area (Å²) in [5.74, 6) is -2.57. The van der Waals surface area contributed by atoms with Crippen LogP contribution in [0.3, 0.4) is 0 Å². The van der Waals surface area contributed by atoms with Crippen molar-refractivity contribution in [2.75, 3.05) is 10.6 Å². The smallest absolute Gasteiger partial charge is 0.394 e. The second-order valence-corrected chi connectivity index (χ2v) is 9.44. The second-order valence-electron chi connectivity index (χ2n) is 8.30. The van der Waals surface area contributed by atoms with E-state index in [1.165, 1.54) is 10.5 Å². The van der Waals surface area contributed by atoms with Gasteiger partial charge in [-0.2, -0.15) is 0 Å². The van der Waals surface area contributed by atoms with Gasteiger partial charge in [-0.3, -0.25) is 4.79 Å². The summed E-state index contributed by atoms with van der Waals surface area (Å²) in [7, 11) is 0. The van der Waals surface area contributed by atoms with Crippen LogP contribution in [0.25, 0.3) is 0 Å². The Balaban J connectivity index is 1.73. The number of carbonyl (C=O) groups excluding carboxylic acids is 1. The lowest BCUT2D eigenvalue weighted by molar-refractivity contribution is -0.147. The molecule has 2 aromatic carbocycles. The van der Waals surface area contributed by atoms with Crippen molar-refractivity contribution in [3.05, 3.63) is 94.6 Å². The molecule has 0 fully saturated rings. The fraction of sp³-hybridized carbons (Fsp3) is 0.222. The van der Waals surface area contributed by atoms with E-state index in [2.05, 4.69) is 52.7 Å². The largest absolute Gasteiger partial charge is 0.474 e. The number of nitrogens with zero attached hydrogens (tertiary/aromatic N) is 1. The number of hydrogen-bond acceptors (Lipinski definition) is 6. The Morgan fingerprint density at radius 1 is 0.971 bits per heavy atom. The Labute approximate surface area is 210 Å². The van der Waals surface area contributed by atoms with Gasteiger partial charge < -0.3 is 21.1 Å². The molecule has 4 N–H and O–H groups in total. The first-order valence-corrected chi connectivity index (χ1v) is 12.0. The van der Waals surface area contributed by atoms with Gasteiger partial charge in [-0.25, -0.2) is 9.10 Å². The van der Waals surface area contributed by atoms with Crippen molar-refractivity contribution < 1.29 is 14.7 Å². The third kappa shape index (κ3) is 7.98. The molecule has 1 aliphatic rings. The molecule has 35 heavy (non-hydrogen) atoms. The molecule has 1 amide bonds. The number of carbonyl (C=O) groups is 2. The van der Waals surface area contributed by atoms with E-state index in [0.717, 1.165) is 29.7 Å². The highest BCUT2D eigenvalue weighted by molar-refractivity contribution is 8.01. The lowest BCUT2D eigenvalue weighted by Gasteiger charge is -2.24. The second kappa shape index (κ2) is 12.2. The fourth-order valence-electron chi connectivity index (χ4n) is 3.39. The molecule has 0 heterocycles. The van der Waals surface area contributed by atoms with Crippen LogP contribution in [-0.2, 0) is 22.7 Å². The van der Waals surface area contributed by atoms with Crippen LogP contribution in [-0.4, -0.2) is 27.0 Å². The van der Waals surface area contributed by atoms with E-state index in [4.69, 9.17) is 10.5 Å². The molecule has 0 aliphatic heterocycles. The highest BCUT2D eigenvalue weighted by Crippen LogP contribution is 2.33. The summed E-state index contributed by atoms with van der Waals surface area (Å²) in [5.41, 5.74) is 5.76. The predicted molar refractivity (Wildman–Crippen MR) is 143 cm³/mol. The summed E-state index contributed by atoms with van der Waals surface area (Å²) in [4.78, 5) is 23.4. The van der Waals surface area contributed by atoms with Gasteiger partial charge in [0.15, 0.2) is 0 Å². The Morgan fingerprint density at radius 3 is 1.97 bits per heavy atom. The van der Waals surface area contributed by atoms with Crippen molar-refractivity contribution in [1.29, 1.82) is 5.41 Å². The molecule has 0 aromatic heterocycles. The Hall–Kier alpha value is -3.62.